The number of hydrogen-bond donors (Lipinski definition) is 2. The summed E-state index contributed by atoms with van der Waals surface area (Å²) in [7, 11) is 1.62. The average Bonchev–Trinajstić information content (AvgIpc) is 3.50. The minimum Gasteiger partial charge on any atom is -0.385 e. The van der Waals surface area contributed by atoms with Gasteiger partial charge in [0.15, 0.2) is 0 Å². The first-order valence-corrected chi connectivity index (χ1v) is 13.2. The highest BCUT2D eigenvalue weighted by atomic mass is 16.5. The van der Waals surface area contributed by atoms with Crippen molar-refractivity contribution in [2.24, 2.45) is 11.8 Å². The number of ether oxygens (including phenoxy) is 2. The van der Waals surface area contributed by atoms with Crippen LogP contribution < -0.4 is 10.6 Å². The molecule has 2 bridgehead atoms. The van der Waals surface area contributed by atoms with E-state index in [-0.39, 0.29) is 23.8 Å². The van der Waals surface area contributed by atoms with Gasteiger partial charge in [-0.25, -0.2) is 0 Å². The number of nitrogens with one attached hydrogen (secondary N) is 2. The number of fused-ring (bicyclic) bond motifs is 1. The Hall–Kier alpha value is -2.71. The quantitative estimate of drug-likeness (QED) is 0.427. The highest BCUT2D eigenvalue weighted by molar-refractivity contribution is 6.02. The zero-order chi connectivity index (χ0) is 25.4. The van der Waals surface area contributed by atoms with Crippen molar-refractivity contribution in [1.82, 2.24) is 10.2 Å². The lowest BCUT2D eigenvalue weighted by Gasteiger charge is -2.34. The predicted molar refractivity (Wildman–Crippen MR) is 135 cm³/mol. The summed E-state index contributed by atoms with van der Waals surface area (Å²) >= 11 is 0. The van der Waals surface area contributed by atoms with E-state index in [2.05, 4.69) is 10.6 Å². The summed E-state index contributed by atoms with van der Waals surface area (Å²) in [5.74, 6) is -2.05. The van der Waals surface area contributed by atoms with Gasteiger partial charge in [-0.2, -0.15) is 0 Å². The molecule has 2 N–H and O–H groups in total. The van der Waals surface area contributed by atoms with Gasteiger partial charge in [0.1, 0.15) is 11.6 Å². The van der Waals surface area contributed by atoms with E-state index in [1.54, 1.807) is 12.0 Å². The molecular weight excluding hydrogens is 458 g/mol. The number of aryl methyl sites for hydroxylation is 2. The van der Waals surface area contributed by atoms with E-state index in [9.17, 15) is 14.4 Å². The summed E-state index contributed by atoms with van der Waals surface area (Å²) in [4.78, 5) is 42.7. The van der Waals surface area contributed by atoms with Crippen molar-refractivity contribution in [3.05, 3.63) is 41.5 Å². The number of amides is 3. The van der Waals surface area contributed by atoms with E-state index >= 15 is 0 Å². The van der Waals surface area contributed by atoms with Gasteiger partial charge in [-0.1, -0.05) is 37.5 Å². The summed E-state index contributed by atoms with van der Waals surface area (Å²) in [6.07, 6.45) is 9.07. The van der Waals surface area contributed by atoms with E-state index in [4.69, 9.17) is 9.47 Å². The van der Waals surface area contributed by atoms with Crippen LogP contribution in [0.15, 0.2) is 30.4 Å². The molecule has 8 nitrogen and oxygen atoms in total. The fourth-order valence-corrected chi connectivity index (χ4v) is 6.46. The van der Waals surface area contributed by atoms with Crippen molar-refractivity contribution in [2.75, 3.05) is 25.6 Å². The lowest BCUT2D eigenvalue weighted by Crippen LogP contribution is -2.56. The van der Waals surface area contributed by atoms with Gasteiger partial charge < -0.3 is 25.0 Å². The Kier molecular flexibility index (Phi) is 6.92. The topological polar surface area (TPSA) is 97.0 Å². The van der Waals surface area contributed by atoms with Crippen LogP contribution in [0.4, 0.5) is 5.69 Å². The number of hydrogen-bond acceptors (Lipinski definition) is 5. The van der Waals surface area contributed by atoms with E-state index in [1.165, 1.54) is 6.42 Å². The second-order valence-corrected chi connectivity index (χ2v) is 10.7. The molecule has 2 saturated heterocycles. The van der Waals surface area contributed by atoms with Gasteiger partial charge in [-0.15, -0.1) is 0 Å². The third kappa shape index (κ3) is 4.24. The van der Waals surface area contributed by atoms with E-state index in [1.807, 2.05) is 44.2 Å². The molecular formula is C28H37N3O5. The fourth-order valence-electron chi connectivity index (χ4n) is 6.46. The van der Waals surface area contributed by atoms with Gasteiger partial charge in [0.2, 0.25) is 17.7 Å². The van der Waals surface area contributed by atoms with Crippen molar-refractivity contribution in [3.8, 4) is 0 Å². The Morgan fingerprint density at radius 2 is 1.92 bits per heavy atom. The SMILES string of the molecule is COCCCN1C(=O)[C@H]2C(C(=O)Nc3ccc(C)c(C)c3)[C@H]3C=CC2(O3)C1C(=O)NC1CCCCC1. The smallest absolute Gasteiger partial charge is 0.246 e. The van der Waals surface area contributed by atoms with E-state index < -0.39 is 29.6 Å². The molecule has 5 atom stereocenters. The molecule has 1 aliphatic carbocycles. The summed E-state index contributed by atoms with van der Waals surface area (Å²) < 4.78 is 11.6. The second-order valence-electron chi connectivity index (χ2n) is 10.7. The molecule has 36 heavy (non-hydrogen) atoms. The lowest BCUT2D eigenvalue weighted by molar-refractivity contribution is -0.141. The van der Waals surface area contributed by atoms with Crippen LogP contribution in [0.2, 0.25) is 0 Å². The molecule has 3 fully saturated rings. The van der Waals surface area contributed by atoms with Crippen LogP contribution in [0, 0.1) is 25.7 Å². The van der Waals surface area contributed by atoms with Gasteiger partial charge in [0.25, 0.3) is 0 Å². The Morgan fingerprint density at radius 3 is 2.64 bits per heavy atom. The minimum absolute atomic E-state index is 0.115. The van der Waals surface area contributed by atoms with Crippen molar-refractivity contribution in [2.45, 2.75) is 76.2 Å². The molecule has 3 unspecified atom stereocenters. The first kappa shape index (κ1) is 25.0. The van der Waals surface area contributed by atoms with E-state index in [0.29, 0.717) is 25.3 Å². The molecule has 0 radical (unpaired) electrons. The highest BCUT2D eigenvalue weighted by Crippen LogP contribution is 2.55. The molecule has 194 valence electrons. The predicted octanol–water partition coefficient (Wildman–Crippen LogP) is 2.88. The number of likely N-dealkylation sites (tertiary alicyclic amines) is 1. The van der Waals surface area contributed by atoms with Crippen LogP contribution >= 0.6 is 0 Å². The molecule has 5 rings (SSSR count). The molecule has 0 aromatic heterocycles. The summed E-state index contributed by atoms with van der Waals surface area (Å²) in [5.41, 5.74) is 1.79. The number of rotatable bonds is 8. The second kappa shape index (κ2) is 9.98. The van der Waals surface area contributed by atoms with Crippen LogP contribution in [-0.4, -0.2) is 66.7 Å². The van der Waals surface area contributed by atoms with Crippen LogP contribution in [0.1, 0.15) is 49.7 Å². The van der Waals surface area contributed by atoms with Crippen molar-refractivity contribution < 1.29 is 23.9 Å². The Morgan fingerprint density at radius 1 is 1.14 bits per heavy atom. The molecule has 1 saturated carbocycles. The number of carbonyl (C=O) groups is 3. The summed E-state index contributed by atoms with van der Waals surface area (Å²) in [6, 6.07) is 5.08. The minimum atomic E-state index is -1.13. The molecule has 3 amide bonds. The normalized spacial score (nSPS) is 31.1. The third-order valence-corrected chi connectivity index (χ3v) is 8.40. The molecule has 3 heterocycles. The number of nitrogens with zero attached hydrogens (tertiary/aromatic N) is 1. The Balaban J connectivity index is 1.41. The van der Waals surface area contributed by atoms with Gasteiger partial charge in [0.05, 0.1) is 17.9 Å². The first-order chi connectivity index (χ1) is 17.4. The molecule has 3 aliphatic heterocycles. The van der Waals surface area contributed by atoms with Crippen LogP contribution in [-0.2, 0) is 23.9 Å². The van der Waals surface area contributed by atoms with Crippen LogP contribution in [0.3, 0.4) is 0 Å². The number of benzene rings is 1. The van der Waals surface area contributed by atoms with Gasteiger partial charge in [-0.05, 0) is 56.4 Å². The average molecular weight is 496 g/mol. The maximum Gasteiger partial charge on any atom is 0.246 e. The monoisotopic (exact) mass is 495 g/mol. The Labute approximate surface area is 212 Å². The lowest BCUT2D eigenvalue weighted by atomic mass is 9.74. The van der Waals surface area contributed by atoms with Crippen molar-refractivity contribution in [1.29, 1.82) is 0 Å². The summed E-state index contributed by atoms with van der Waals surface area (Å²) in [5, 5.41) is 6.21. The largest absolute Gasteiger partial charge is 0.385 e. The zero-order valence-electron chi connectivity index (χ0n) is 21.4. The Bertz CT molecular complexity index is 1070. The molecule has 1 spiro atoms. The maximum absolute atomic E-state index is 13.9. The van der Waals surface area contributed by atoms with Crippen LogP contribution in [0.25, 0.3) is 0 Å². The van der Waals surface area contributed by atoms with E-state index in [0.717, 1.165) is 36.8 Å². The molecule has 1 aromatic rings. The van der Waals surface area contributed by atoms with Gasteiger partial charge >= 0.3 is 0 Å². The highest BCUT2D eigenvalue weighted by Gasteiger charge is 2.72. The molecule has 8 heteroatoms. The zero-order valence-corrected chi connectivity index (χ0v) is 21.4. The first-order valence-electron chi connectivity index (χ1n) is 13.2. The van der Waals surface area contributed by atoms with Crippen LogP contribution in [0.5, 0.6) is 0 Å². The fraction of sp³-hybridized carbons (Fsp3) is 0.607. The standard InChI is InChI=1S/C28H37N3O5/c1-17-10-11-20(16-18(17)2)30-25(32)22-21-12-13-28(36-21)23(22)27(34)31(14-7-15-35-3)24(28)26(33)29-19-8-5-4-6-9-19/h10-13,16,19,21-24H,4-9,14-15H2,1-3H3,(H,29,33)(H,30,32)/t21-,22?,23-,24?,28?/m1/s1. The van der Waals surface area contributed by atoms with Gasteiger partial charge in [-0.3, -0.25) is 14.4 Å². The molecule has 1 aromatic carbocycles. The number of carbonyl (C=O) groups excluding carboxylic acids is 3. The van der Waals surface area contributed by atoms with Gasteiger partial charge in [0, 0.05) is 32.0 Å². The summed E-state index contributed by atoms with van der Waals surface area (Å²) in [6.45, 7) is 4.87. The maximum atomic E-state index is 13.9. The van der Waals surface area contributed by atoms with Crippen molar-refractivity contribution in [3.63, 3.8) is 0 Å². The molecule has 4 aliphatic rings. The number of methoxy groups -OCH3 is 1. The van der Waals surface area contributed by atoms with Crippen molar-refractivity contribution >= 4 is 23.4 Å². The third-order valence-electron chi connectivity index (χ3n) is 8.40. The number of anilines is 1.